The molecule has 1 fully saturated rings. The van der Waals surface area contributed by atoms with Crippen molar-refractivity contribution in [2.75, 3.05) is 59.3 Å². The van der Waals surface area contributed by atoms with Crippen LogP contribution in [-0.2, 0) is 11.3 Å². The zero-order chi connectivity index (χ0) is 21.0. The van der Waals surface area contributed by atoms with Crippen molar-refractivity contribution in [1.82, 2.24) is 15.5 Å². The molecule has 1 unspecified atom stereocenters. The topological polar surface area (TPSA) is 58.1 Å². The maximum absolute atomic E-state index is 5.91. The van der Waals surface area contributed by atoms with Crippen LogP contribution in [0.3, 0.4) is 0 Å². The molecule has 1 atom stereocenters. The lowest BCUT2D eigenvalue weighted by atomic mass is 10.1. The fourth-order valence-electron chi connectivity index (χ4n) is 3.17. The van der Waals surface area contributed by atoms with E-state index < -0.39 is 0 Å². The second-order valence-electron chi connectivity index (χ2n) is 7.74. The van der Waals surface area contributed by atoms with Crippen molar-refractivity contribution in [3.63, 3.8) is 0 Å². The van der Waals surface area contributed by atoms with Crippen LogP contribution in [0.25, 0.3) is 0 Å². The van der Waals surface area contributed by atoms with E-state index in [4.69, 9.17) is 14.5 Å². The highest BCUT2D eigenvalue weighted by molar-refractivity contribution is 14.0. The number of methoxy groups -OCH3 is 1. The van der Waals surface area contributed by atoms with Gasteiger partial charge in [0.2, 0.25) is 0 Å². The van der Waals surface area contributed by atoms with Gasteiger partial charge in [-0.25, -0.2) is 4.99 Å². The molecule has 0 bridgehead atoms. The molecule has 1 aromatic carbocycles. The van der Waals surface area contributed by atoms with Gasteiger partial charge in [0.25, 0.3) is 0 Å². The highest BCUT2D eigenvalue weighted by Crippen LogP contribution is 2.36. The van der Waals surface area contributed by atoms with Crippen LogP contribution >= 0.6 is 35.7 Å². The summed E-state index contributed by atoms with van der Waals surface area (Å²) in [5, 5.41) is 6.88. The van der Waals surface area contributed by atoms with Gasteiger partial charge in [0.05, 0.1) is 13.2 Å². The summed E-state index contributed by atoms with van der Waals surface area (Å²) in [6.07, 6.45) is 2.58. The smallest absolute Gasteiger partial charge is 0.191 e. The van der Waals surface area contributed by atoms with E-state index in [0.717, 1.165) is 50.1 Å². The SMILES string of the molecule is CCNC(=NCc1cccc(OCCN(C)CCOC)c1)NCC1(C)CCCS1.I. The summed E-state index contributed by atoms with van der Waals surface area (Å²) in [7, 11) is 3.80. The first kappa shape index (κ1) is 27.3. The Morgan fingerprint density at radius 2 is 2.07 bits per heavy atom. The molecule has 1 aliphatic rings. The minimum Gasteiger partial charge on any atom is -0.492 e. The van der Waals surface area contributed by atoms with Crippen molar-refractivity contribution in [2.45, 2.75) is 38.0 Å². The standard InChI is InChI=1S/C22H38N4O2S.HI/c1-5-23-21(25-18-22(2)10-7-15-29-22)24-17-19-8-6-9-20(16-19)28-14-12-26(3)11-13-27-4;/h6,8-9,16H,5,7,10-15,17-18H2,1-4H3,(H2,23,24,25);1H. The number of halogens is 1. The number of guanidine groups is 1. The lowest BCUT2D eigenvalue weighted by Crippen LogP contribution is -2.43. The molecule has 30 heavy (non-hydrogen) atoms. The molecule has 1 aromatic rings. The molecule has 2 N–H and O–H groups in total. The summed E-state index contributed by atoms with van der Waals surface area (Å²) < 4.78 is 11.3. The average molecular weight is 551 g/mol. The zero-order valence-electron chi connectivity index (χ0n) is 18.9. The van der Waals surface area contributed by atoms with Crippen LogP contribution in [0.4, 0.5) is 0 Å². The van der Waals surface area contributed by atoms with Gasteiger partial charge in [0.1, 0.15) is 12.4 Å². The predicted octanol–water partition coefficient (Wildman–Crippen LogP) is 3.60. The van der Waals surface area contributed by atoms with Crippen molar-refractivity contribution >= 4 is 41.7 Å². The number of rotatable bonds is 12. The monoisotopic (exact) mass is 550 g/mol. The number of benzene rings is 1. The van der Waals surface area contributed by atoms with Crippen LogP contribution in [0, 0.1) is 0 Å². The van der Waals surface area contributed by atoms with Crippen molar-refractivity contribution in [2.24, 2.45) is 4.99 Å². The van der Waals surface area contributed by atoms with Gasteiger partial charge in [-0.1, -0.05) is 12.1 Å². The molecular formula is C22H39IN4O2S. The first-order valence-corrected chi connectivity index (χ1v) is 11.6. The molecule has 0 spiro atoms. The molecule has 2 rings (SSSR count). The zero-order valence-corrected chi connectivity index (χ0v) is 22.1. The lowest BCUT2D eigenvalue weighted by Gasteiger charge is -2.24. The van der Waals surface area contributed by atoms with E-state index in [1.807, 2.05) is 12.1 Å². The van der Waals surface area contributed by atoms with E-state index in [1.165, 1.54) is 18.6 Å². The lowest BCUT2D eigenvalue weighted by molar-refractivity contribution is 0.150. The number of aliphatic imine (C=N–C) groups is 1. The second kappa shape index (κ2) is 15.2. The molecule has 6 nitrogen and oxygen atoms in total. The van der Waals surface area contributed by atoms with Crippen molar-refractivity contribution in [3.8, 4) is 5.75 Å². The van der Waals surface area contributed by atoms with Gasteiger partial charge in [-0.3, -0.25) is 0 Å². The number of likely N-dealkylation sites (N-methyl/N-ethyl adjacent to an activating group) is 1. The maximum Gasteiger partial charge on any atom is 0.191 e. The molecule has 172 valence electrons. The largest absolute Gasteiger partial charge is 0.492 e. The van der Waals surface area contributed by atoms with E-state index in [0.29, 0.717) is 17.9 Å². The average Bonchev–Trinajstić information content (AvgIpc) is 3.15. The Labute approximate surface area is 204 Å². The molecule has 1 aliphatic heterocycles. The third-order valence-electron chi connectivity index (χ3n) is 5.01. The van der Waals surface area contributed by atoms with E-state index in [9.17, 15) is 0 Å². The minimum absolute atomic E-state index is 0. The summed E-state index contributed by atoms with van der Waals surface area (Å²) in [4.78, 5) is 6.97. The summed E-state index contributed by atoms with van der Waals surface area (Å²) in [5.41, 5.74) is 1.15. The number of ether oxygens (including phenoxy) is 2. The number of nitrogens with one attached hydrogen (secondary N) is 2. The van der Waals surface area contributed by atoms with Gasteiger partial charge < -0.3 is 25.0 Å². The van der Waals surface area contributed by atoms with Gasteiger partial charge in [-0.2, -0.15) is 11.8 Å². The van der Waals surface area contributed by atoms with Gasteiger partial charge in [0, 0.05) is 38.0 Å². The molecule has 0 aromatic heterocycles. The quantitative estimate of drug-likeness (QED) is 0.236. The number of hydrogen-bond acceptors (Lipinski definition) is 5. The molecular weight excluding hydrogens is 511 g/mol. The predicted molar refractivity (Wildman–Crippen MR) is 140 cm³/mol. The van der Waals surface area contributed by atoms with Gasteiger partial charge in [-0.15, -0.1) is 24.0 Å². The summed E-state index contributed by atoms with van der Waals surface area (Å²) in [5.74, 6) is 3.04. The van der Waals surface area contributed by atoms with Crippen LogP contribution in [-0.4, -0.2) is 74.9 Å². The normalized spacial score (nSPS) is 18.9. The third kappa shape index (κ3) is 10.5. The highest BCUT2D eigenvalue weighted by Gasteiger charge is 2.29. The first-order valence-electron chi connectivity index (χ1n) is 10.6. The van der Waals surface area contributed by atoms with E-state index >= 15 is 0 Å². The van der Waals surface area contributed by atoms with Crippen molar-refractivity contribution in [1.29, 1.82) is 0 Å². The Morgan fingerprint density at radius 3 is 2.77 bits per heavy atom. The van der Waals surface area contributed by atoms with Gasteiger partial charge in [0.15, 0.2) is 5.96 Å². The fraction of sp³-hybridized carbons (Fsp3) is 0.682. The van der Waals surface area contributed by atoms with Gasteiger partial charge in [-0.05, 0) is 57.2 Å². The Kier molecular flexibility index (Phi) is 13.8. The molecule has 0 amide bonds. The minimum atomic E-state index is 0. The fourth-order valence-corrected chi connectivity index (χ4v) is 4.42. The molecule has 8 heteroatoms. The number of thioether (sulfide) groups is 1. The summed E-state index contributed by atoms with van der Waals surface area (Å²) >= 11 is 2.06. The highest BCUT2D eigenvalue weighted by atomic mass is 127. The molecule has 0 saturated carbocycles. The Hall–Kier alpha value is -0.710. The van der Waals surface area contributed by atoms with E-state index in [2.05, 4.69) is 60.3 Å². The van der Waals surface area contributed by atoms with Crippen LogP contribution in [0.2, 0.25) is 0 Å². The van der Waals surface area contributed by atoms with E-state index in [1.54, 1.807) is 7.11 Å². The summed E-state index contributed by atoms with van der Waals surface area (Å²) in [6, 6.07) is 8.21. The number of nitrogens with zero attached hydrogens (tertiary/aromatic N) is 2. The molecule has 0 radical (unpaired) electrons. The number of hydrogen-bond donors (Lipinski definition) is 2. The van der Waals surface area contributed by atoms with Crippen LogP contribution in [0.5, 0.6) is 5.75 Å². The Balaban J connectivity index is 0.00000450. The third-order valence-corrected chi connectivity index (χ3v) is 6.55. The van der Waals surface area contributed by atoms with Crippen LogP contribution in [0.1, 0.15) is 32.3 Å². The van der Waals surface area contributed by atoms with Crippen molar-refractivity contribution < 1.29 is 9.47 Å². The Bertz CT molecular complexity index is 627. The van der Waals surface area contributed by atoms with E-state index in [-0.39, 0.29) is 24.0 Å². The van der Waals surface area contributed by atoms with Crippen LogP contribution < -0.4 is 15.4 Å². The van der Waals surface area contributed by atoms with Crippen molar-refractivity contribution in [3.05, 3.63) is 29.8 Å². The second-order valence-corrected chi connectivity index (χ2v) is 9.43. The molecule has 1 saturated heterocycles. The molecule has 1 heterocycles. The first-order chi connectivity index (χ1) is 14.0. The maximum atomic E-state index is 5.91. The van der Waals surface area contributed by atoms with Crippen LogP contribution in [0.15, 0.2) is 29.3 Å². The summed E-state index contributed by atoms with van der Waals surface area (Å²) in [6.45, 7) is 10.1. The van der Waals surface area contributed by atoms with Gasteiger partial charge >= 0.3 is 0 Å². The Morgan fingerprint density at radius 1 is 1.27 bits per heavy atom. The molecule has 0 aliphatic carbocycles.